The highest BCUT2D eigenvalue weighted by atomic mass is 16.7. The van der Waals surface area contributed by atoms with Gasteiger partial charge in [-0.1, -0.05) is 150 Å². The fourth-order valence-electron chi connectivity index (χ4n) is 12.6. The number of rotatable bonds is 10. The maximum absolute atomic E-state index is 11.6. The molecule has 478 valence electrons. The summed E-state index contributed by atoms with van der Waals surface area (Å²) < 4.78 is 54.1. The molecule has 0 aromatic rings. The van der Waals surface area contributed by atoms with Crippen LogP contribution in [0.15, 0.2) is 0 Å². The minimum absolute atomic E-state index is 0.0833. The smallest absolute Gasteiger partial charge is 0.187 e. The van der Waals surface area contributed by atoms with Crippen molar-refractivity contribution in [1.82, 2.24) is 0 Å². The van der Waals surface area contributed by atoms with Crippen LogP contribution in [-0.4, -0.2) is 226 Å². The summed E-state index contributed by atoms with van der Waals surface area (Å²) in [6, 6.07) is 0. The molecule has 5 aliphatic rings. The molecule has 0 aromatic carbocycles. The summed E-state index contributed by atoms with van der Waals surface area (Å²) in [5.41, 5.74) is 0. The monoisotopic (exact) mass is 1170 g/mol. The Labute approximate surface area is 484 Å². The van der Waals surface area contributed by atoms with E-state index >= 15 is 0 Å². The van der Waals surface area contributed by atoms with Gasteiger partial charge in [0.2, 0.25) is 0 Å². The average Bonchev–Trinajstić information content (AvgIpc) is 4.23. The molecule has 23 atom stereocenters. The van der Waals surface area contributed by atoms with Crippen LogP contribution in [0, 0.1) is 35.5 Å². The van der Waals surface area contributed by atoms with E-state index in [1.54, 1.807) is 0 Å². The molecule has 5 rings (SSSR count). The highest BCUT2D eigenvalue weighted by molar-refractivity contribution is 4.98. The van der Waals surface area contributed by atoms with Gasteiger partial charge < -0.3 is 98.8 Å². The van der Waals surface area contributed by atoms with Crippen LogP contribution in [0.5, 0.6) is 0 Å². The van der Waals surface area contributed by atoms with Crippen molar-refractivity contribution in [2.75, 3.05) is 66.1 Å². The highest BCUT2D eigenvalue weighted by Crippen LogP contribution is 2.38. The van der Waals surface area contributed by atoms with Crippen LogP contribution in [0.1, 0.15) is 182 Å². The van der Waals surface area contributed by atoms with E-state index in [-0.39, 0.29) is 13.2 Å². The molecule has 81 heavy (non-hydrogen) atoms. The lowest BCUT2D eigenvalue weighted by atomic mass is 9.89. The number of aliphatic hydroxyl groups excluding tert-OH is 11. The van der Waals surface area contributed by atoms with Gasteiger partial charge in [-0.05, 0) is 67.6 Å². The molecule has 0 amide bonds. The summed E-state index contributed by atoms with van der Waals surface area (Å²) in [6.45, 7) is 9.79. The quantitative estimate of drug-likeness (QED) is 0.144. The molecule has 11 N–H and O–H groups in total. The molecule has 5 fully saturated rings. The second-order valence-electron chi connectivity index (χ2n) is 25.4. The Morgan fingerprint density at radius 1 is 0.444 bits per heavy atom. The van der Waals surface area contributed by atoms with E-state index in [0.29, 0.717) is 56.7 Å². The summed E-state index contributed by atoms with van der Waals surface area (Å²) in [6.07, 6.45) is 4.70. The molecule has 20 nitrogen and oxygen atoms in total. The summed E-state index contributed by atoms with van der Waals surface area (Å²) in [4.78, 5) is 0. The Hall–Kier alpha value is -0.800. The van der Waals surface area contributed by atoms with Gasteiger partial charge >= 0.3 is 0 Å². The lowest BCUT2D eigenvalue weighted by Gasteiger charge is -2.47. The number of aliphatic hydroxyl groups is 11. The standard InChI is InChI=1S/C61H114O20/c1-39-16-14-18-41(3)26-30-75-45(37-77-60-56(72)54(70)57(80-60)46(65)33-62)36-73-28-12-8-5-6-10-20-43-24-25-44(32-43)21-11-7-9-13-29-74-38-49(76-31-27-42(4)19-15-17-40(2)23-22-39)59-53(69)52(68)58(48(35-64)78-59)81-61-55(71)51(67)50(66)47(34-63)79-61/h39-72H,5-38H2,1-4H3/t39?,40?,41-,42-,43-,44+,45+,46-,47-,48-,49+,50+,51+,52-,53-,54-,55-,56-,57+,58-,59+,60-,61+/m1/s1. The van der Waals surface area contributed by atoms with E-state index in [1.165, 1.54) is 77.0 Å². The second-order valence-corrected chi connectivity index (χ2v) is 25.4. The van der Waals surface area contributed by atoms with Gasteiger partial charge in [-0.2, -0.15) is 0 Å². The Morgan fingerprint density at radius 3 is 1.56 bits per heavy atom. The van der Waals surface area contributed by atoms with Crippen LogP contribution in [0.3, 0.4) is 0 Å². The average molecular weight is 1170 g/mol. The zero-order valence-corrected chi connectivity index (χ0v) is 49.9. The van der Waals surface area contributed by atoms with E-state index in [2.05, 4.69) is 27.7 Å². The fourth-order valence-corrected chi connectivity index (χ4v) is 12.6. The molecular formula is C61H114O20. The maximum atomic E-state index is 11.6. The van der Waals surface area contributed by atoms with Gasteiger partial charge in [0.25, 0.3) is 0 Å². The summed E-state index contributed by atoms with van der Waals surface area (Å²) in [5.74, 6) is 3.68. The molecule has 20 heteroatoms. The Kier molecular flexibility index (Phi) is 34.3. The Balaban J connectivity index is 1.11. The van der Waals surface area contributed by atoms with Crippen LogP contribution in [0.25, 0.3) is 0 Å². The molecule has 2 unspecified atom stereocenters. The van der Waals surface area contributed by atoms with Gasteiger partial charge in [0.05, 0.1) is 39.6 Å². The van der Waals surface area contributed by atoms with Crippen LogP contribution in [0.2, 0.25) is 0 Å². The van der Waals surface area contributed by atoms with Gasteiger partial charge in [-0.15, -0.1) is 0 Å². The summed E-state index contributed by atoms with van der Waals surface area (Å²) in [7, 11) is 0. The molecule has 0 radical (unpaired) electrons. The van der Waals surface area contributed by atoms with Gasteiger partial charge in [0, 0.05) is 26.4 Å². The summed E-state index contributed by atoms with van der Waals surface area (Å²) >= 11 is 0. The molecule has 2 bridgehead atoms. The maximum Gasteiger partial charge on any atom is 0.187 e. The zero-order chi connectivity index (χ0) is 58.7. The third-order valence-corrected chi connectivity index (χ3v) is 18.3. The van der Waals surface area contributed by atoms with Crippen LogP contribution in [-0.2, 0) is 42.6 Å². The minimum atomic E-state index is -1.75. The molecule has 1 aliphatic carbocycles. The van der Waals surface area contributed by atoms with Crippen molar-refractivity contribution in [3.8, 4) is 0 Å². The first-order valence-electron chi connectivity index (χ1n) is 31.9. The molecule has 4 aliphatic heterocycles. The number of hydrogen-bond acceptors (Lipinski definition) is 20. The topological polar surface area (TPSA) is 306 Å². The SMILES string of the molecule is CC1CCC[C@@H](C)CCO[C@H](CO[C@@H]2O[C@@H]([C@H](O)CO)[C@H](O)[C@H]2O)COCCCCCCC[C@@H]2CC[C@H](CCCCCCOC[C@@H]([C@@H]3O[C@H](CO)[C@@H](O[C@@H]4O[C@H](CO)[C@H](O)[C@H](O)[C@H]4O)[C@H](O)[C@H]3O)OCC[C@H](C)CCCC(C)CC1)C2. The van der Waals surface area contributed by atoms with Crippen molar-refractivity contribution < 1.29 is 98.8 Å². The van der Waals surface area contributed by atoms with E-state index in [9.17, 15) is 56.2 Å². The molecule has 4 saturated heterocycles. The van der Waals surface area contributed by atoms with E-state index < -0.39 is 124 Å². The fraction of sp³-hybridized carbons (Fsp3) is 1.00. The third-order valence-electron chi connectivity index (χ3n) is 18.3. The normalized spacial score (nSPS) is 42.4. The number of hydrogen-bond donors (Lipinski definition) is 11. The van der Waals surface area contributed by atoms with Gasteiger partial charge in [-0.25, -0.2) is 0 Å². The van der Waals surface area contributed by atoms with Crippen molar-refractivity contribution in [3.63, 3.8) is 0 Å². The minimum Gasteiger partial charge on any atom is -0.394 e. The van der Waals surface area contributed by atoms with E-state index in [4.69, 9.17) is 42.6 Å². The lowest BCUT2D eigenvalue weighted by molar-refractivity contribution is -0.346. The molecule has 0 spiro atoms. The Morgan fingerprint density at radius 2 is 0.975 bits per heavy atom. The highest BCUT2D eigenvalue weighted by Gasteiger charge is 2.52. The van der Waals surface area contributed by atoms with Crippen molar-refractivity contribution in [2.45, 2.75) is 286 Å². The van der Waals surface area contributed by atoms with Crippen molar-refractivity contribution in [3.05, 3.63) is 0 Å². The van der Waals surface area contributed by atoms with E-state index in [0.717, 1.165) is 88.9 Å². The Bertz CT molecular complexity index is 1590. The number of fused-ring (bicyclic) bond motifs is 2. The van der Waals surface area contributed by atoms with Crippen molar-refractivity contribution in [2.24, 2.45) is 35.5 Å². The first kappa shape index (κ1) is 71.0. The zero-order valence-electron chi connectivity index (χ0n) is 49.9. The van der Waals surface area contributed by atoms with Crippen LogP contribution >= 0.6 is 0 Å². The van der Waals surface area contributed by atoms with Crippen LogP contribution < -0.4 is 0 Å². The molecule has 1 saturated carbocycles. The first-order chi connectivity index (χ1) is 39.0. The largest absolute Gasteiger partial charge is 0.394 e. The summed E-state index contributed by atoms with van der Waals surface area (Å²) in [5, 5.41) is 115. The van der Waals surface area contributed by atoms with Gasteiger partial charge in [0.1, 0.15) is 91.6 Å². The predicted molar refractivity (Wildman–Crippen MR) is 302 cm³/mol. The van der Waals surface area contributed by atoms with Crippen molar-refractivity contribution >= 4 is 0 Å². The first-order valence-corrected chi connectivity index (χ1v) is 31.9. The molecule has 0 aromatic heterocycles. The number of ether oxygens (including phenoxy) is 9. The van der Waals surface area contributed by atoms with E-state index in [1.807, 2.05) is 0 Å². The third kappa shape index (κ3) is 24.4. The van der Waals surface area contributed by atoms with Gasteiger partial charge in [-0.3, -0.25) is 0 Å². The van der Waals surface area contributed by atoms with Gasteiger partial charge in [0.15, 0.2) is 12.6 Å². The van der Waals surface area contributed by atoms with Crippen LogP contribution in [0.4, 0.5) is 0 Å². The van der Waals surface area contributed by atoms with Crippen molar-refractivity contribution in [1.29, 1.82) is 0 Å². The molecule has 4 heterocycles. The lowest BCUT2D eigenvalue weighted by Crippen LogP contribution is -2.66. The second kappa shape index (κ2) is 39.2. The predicted octanol–water partition coefficient (Wildman–Crippen LogP) is 4.44. The molecular weight excluding hydrogens is 1050 g/mol.